The van der Waals surface area contributed by atoms with Crippen LogP contribution in [0.25, 0.3) is 10.2 Å². The molecule has 0 N–H and O–H groups in total. The van der Waals surface area contributed by atoms with Gasteiger partial charge in [0.2, 0.25) is 0 Å². The van der Waals surface area contributed by atoms with Gasteiger partial charge in [-0.3, -0.25) is 18.9 Å². The Morgan fingerprint density at radius 2 is 1.83 bits per heavy atom. The van der Waals surface area contributed by atoms with Crippen molar-refractivity contribution >= 4 is 48.3 Å². The number of ether oxygens (including phenoxy) is 2. The van der Waals surface area contributed by atoms with E-state index in [-0.39, 0.29) is 10.8 Å². The third-order valence-electron chi connectivity index (χ3n) is 7.55. The molecule has 3 heterocycles. The summed E-state index contributed by atoms with van der Waals surface area (Å²) in [5.41, 5.74) is 2.94. The Bertz CT molecular complexity index is 1650. The van der Waals surface area contributed by atoms with Gasteiger partial charge in [-0.1, -0.05) is 29.5 Å². The van der Waals surface area contributed by atoms with E-state index in [4.69, 9.17) is 14.5 Å². The molecule has 0 spiro atoms. The summed E-state index contributed by atoms with van der Waals surface area (Å²) in [4.78, 5) is 22.9. The Kier molecular flexibility index (Phi) is 7.94. The van der Waals surface area contributed by atoms with Crippen LogP contribution in [0.15, 0.2) is 71.6 Å². The van der Waals surface area contributed by atoms with Crippen LogP contribution in [0.4, 0.5) is 10.8 Å². The minimum atomic E-state index is -3.75. The van der Waals surface area contributed by atoms with Crippen molar-refractivity contribution < 1.29 is 22.7 Å². The van der Waals surface area contributed by atoms with Gasteiger partial charge in [0, 0.05) is 38.3 Å². The number of thiazole rings is 1. The zero-order chi connectivity index (χ0) is 28.4. The third-order valence-corrected chi connectivity index (χ3v) is 10.4. The van der Waals surface area contributed by atoms with Crippen LogP contribution in [0, 0.1) is 0 Å². The highest BCUT2D eigenvalue weighted by Gasteiger charge is 2.31. The number of morpholine rings is 1. The molecule has 0 saturated carbocycles. The number of anilines is 2. The molecule has 2 aliphatic heterocycles. The lowest BCUT2D eigenvalue weighted by molar-refractivity contribution is 0.0376. The molecule has 11 heteroatoms. The Morgan fingerprint density at radius 3 is 2.61 bits per heavy atom. The summed E-state index contributed by atoms with van der Waals surface area (Å²) in [7, 11) is -2.13. The number of rotatable bonds is 9. The van der Waals surface area contributed by atoms with Gasteiger partial charge in [-0.2, -0.15) is 0 Å². The van der Waals surface area contributed by atoms with Crippen LogP contribution in [0.1, 0.15) is 22.3 Å². The van der Waals surface area contributed by atoms with Gasteiger partial charge in [0.15, 0.2) is 5.13 Å². The maximum atomic E-state index is 13.9. The van der Waals surface area contributed by atoms with E-state index in [0.717, 1.165) is 60.8 Å². The molecule has 0 bridgehead atoms. The number of aromatic nitrogens is 1. The first-order valence-electron chi connectivity index (χ1n) is 13.7. The average molecular weight is 593 g/mol. The first-order chi connectivity index (χ1) is 19.9. The normalized spacial score (nSPS) is 15.7. The molecule has 1 saturated heterocycles. The van der Waals surface area contributed by atoms with E-state index in [9.17, 15) is 13.2 Å². The highest BCUT2D eigenvalue weighted by Crippen LogP contribution is 2.34. The van der Waals surface area contributed by atoms with Gasteiger partial charge >= 0.3 is 0 Å². The van der Waals surface area contributed by atoms with Crippen LogP contribution < -0.4 is 13.9 Å². The Hall–Kier alpha value is -3.51. The molecule has 0 unspecified atom stereocenters. The second-order valence-corrected chi connectivity index (χ2v) is 12.9. The Morgan fingerprint density at radius 1 is 1.05 bits per heavy atom. The molecule has 2 aliphatic rings. The van der Waals surface area contributed by atoms with Gasteiger partial charge in [-0.05, 0) is 66.9 Å². The quantitative estimate of drug-likeness (QED) is 0.284. The van der Waals surface area contributed by atoms with E-state index in [1.165, 1.54) is 27.8 Å². The maximum Gasteiger partial charge on any atom is 0.264 e. The van der Waals surface area contributed by atoms with E-state index in [1.807, 2.05) is 42.5 Å². The zero-order valence-electron chi connectivity index (χ0n) is 22.9. The number of amides is 1. The van der Waals surface area contributed by atoms with Crippen molar-refractivity contribution in [3.05, 3.63) is 77.9 Å². The average Bonchev–Trinajstić information content (AvgIpc) is 3.64. The van der Waals surface area contributed by atoms with Crippen molar-refractivity contribution in [2.75, 3.05) is 62.3 Å². The summed E-state index contributed by atoms with van der Waals surface area (Å²) in [6, 6.07) is 19.5. The molecule has 41 heavy (non-hydrogen) atoms. The minimum Gasteiger partial charge on any atom is -0.497 e. The van der Waals surface area contributed by atoms with E-state index in [2.05, 4.69) is 4.90 Å². The van der Waals surface area contributed by atoms with E-state index in [1.54, 1.807) is 24.1 Å². The van der Waals surface area contributed by atoms with Crippen molar-refractivity contribution in [2.24, 2.45) is 0 Å². The van der Waals surface area contributed by atoms with Crippen LogP contribution in [0.2, 0.25) is 0 Å². The summed E-state index contributed by atoms with van der Waals surface area (Å²) in [6.45, 7) is 4.94. The predicted octanol–water partition coefficient (Wildman–Crippen LogP) is 4.43. The SMILES string of the molecule is COc1ccc2nc(N(CCCN3CCOCC3)C(=O)c3ccc(S(=O)(=O)N4CCc5ccccc54)cc3)sc2c1. The molecule has 1 aromatic heterocycles. The predicted molar refractivity (Wildman–Crippen MR) is 161 cm³/mol. The maximum absolute atomic E-state index is 13.9. The number of para-hydroxylation sites is 1. The summed E-state index contributed by atoms with van der Waals surface area (Å²) in [5, 5.41) is 0.602. The number of hydrogen-bond donors (Lipinski definition) is 0. The van der Waals surface area contributed by atoms with Crippen molar-refractivity contribution in [3.8, 4) is 5.75 Å². The van der Waals surface area contributed by atoms with E-state index >= 15 is 0 Å². The number of hydrogen-bond acceptors (Lipinski definition) is 8. The fourth-order valence-electron chi connectivity index (χ4n) is 5.31. The minimum absolute atomic E-state index is 0.164. The smallest absolute Gasteiger partial charge is 0.264 e. The van der Waals surface area contributed by atoms with Gasteiger partial charge in [0.25, 0.3) is 15.9 Å². The topological polar surface area (TPSA) is 92.3 Å². The summed E-state index contributed by atoms with van der Waals surface area (Å²) >= 11 is 1.44. The summed E-state index contributed by atoms with van der Waals surface area (Å²) < 4.78 is 40.2. The second kappa shape index (κ2) is 11.8. The van der Waals surface area contributed by atoms with Crippen molar-refractivity contribution in [2.45, 2.75) is 17.7 Å². The standard InChI is InChI=1S/C30H32N4O5S2/c1-38-24-9-12-26-28(21-24)40-30(31-26)33(15-4-14-32-17-19-39-20-18-32)29(35)23-7-10-25(11-8-23)41(36,37)34-16-13-22-5-2-3-6-27(22)34/h2-3,5-12,21H,4,13-20H2,1H3. The molecule has 6 rings (SSSR count). The van der Waals surface area contributed by atoms with Gasteiger partial charge in [-0.15, -0.1) is 0 Å². The van der Waals surface area contributed by atoms with Gasteiger partial charge in [0.05, 0.1) is 41.1 Å². The van der Waals surface area contributed by atoms with Gasteiger partial charge in [0.1, 0.15) is 5.75 Å². The molecule has 3 aromatic carbocycles. The van der Waals surface area contributed by atoms with Crippen LogP contribution in [0.3, 0.4) is 0 Å². The van der Waals surface area contributed by atoms with Crippen LogP contribution in [-0.2, 0) is 21.2 Å². The van der Waals surface area contributed by atoms with E-state index < -0.39 is 10.0 Å². The number of nitrogens with zero attached hydrogens (tertiary/aromatic N) is 4. The highest BCUT2D eigenvalue weighted by molar-refractivity contribution is 7.92. The number of carbonyl (C=O) groups is 1. The van der Waals surface area contributed by atoms with Gasteiger partial charge in [-0.25, -0.2) is 13.4 Å². The van der Waals surface area contributed by atoms with E-state index in [0.29, 0.717) is 35.9 Å². The number of methoxy groups -OCH3 is 1. The molecule has 0 radical (unpaired) electrons. The molecule has 0 aliphatic carbocycles. The largest absolute Gasteiger partial charge is 0.497 e. The molecule has 214 valence electrons. The number of benzene rings is 3. The van der Waals surface area contributed by atoms with Crippen LogP contribution in [-0.4, -0.2) is 77.3 Å². The molecule has 1 amide bonds. The first kappa shape index (κ1) is 27.6. The number of sulfonamides is 1. The highest BCUT2D eigenvalue weighted by atomic mass is 32.2. The fourth-order valence-corrected chi connectivity index (χ4v) is 7.83. The summed E-state index contributed by atoms with van der Waals surface area (Å²) in [5.74, 6) is 0.517. The summed E-state index contributed by atoms with van der Waals surface area (Å²) in [6.07, 6.45) is 1.45. The van der Waals surface area contributed by atoms with Crippen LogP contribution in [0.5, 0.6) is 5.75 Å². The van der Waals surface area contributed by atoms with Crippen molar-refractivity contribution in [1.82, 2.24) is 9.88 Å². The lowest BCUT2D eigenvalue weighted by Crippen LogP contribution is -2.39. The molecular weight excluding hydrogens is 560 g/mol. The molecule has 9 nitrogen and oxygen atoms in total. The molecule has 4 aromatic rings. The van der Waals surface area contributed by atoms with Crippen molar-refractivity contribution in [3.63, 3.8) is 0 Å². The van der Waals surface area contributed by atoms with Gasteiger partial charge < -0.3 is 9.47 Å². The third kappa shape index (κ3) is 5.67. The lowest BCUT2D eigenvalue weighted by atomic mass is 10.2. The Balaban J connectivity index is 1.25. The fraction of sp³-hybridized carbons (Fsp3) is 0.333. The molecule has 1 fully saturated rings. The second-order valence-electron chi connectivity index (χ2n) is 10.1. The van der Waals surface area contributed by atoms with Crippen LogP contribution >= 0.6 is 11.3 Å². The monoisotopic (exact) mass is 592 g/mol. The van der Waals surface area contributed by atoms with Crippen molar-refractivity contribution in [1.29, 1.82) is 0 Å². The molecular formula is C30H32N4O5S2. The Labute approximate surface area is 244 Å². The zero-order valence-corrected chi connectivity index (χ0v) is 24.5. The first-order valence-corrected chi connectivity index (χ1v) is 16.0. The number of carbonyl (C=O) groups excluding carboxylic acids is 1. The number of fused-ring (bicyclic) bond motifs is 2. The lowest BCUT2D eigenvalue weighted by Gasteiger charge is -2.27. The molecule has 0 atom stereocenters.